The molecule has 0 bridgehead atoms. The van der Waals surface area contributed by atoms with Gasteiger partial charge in [-0.2, -0.15) is 0 Å². The predicted molar refractivity (Wildman–Crippen MR) is 104 cm³/mol. The molecule has 1 amide bonds. The second kappa shape index (κ2) is 6.92. The van der Waals surface area contributed by atoms with Crippen molar-refractivity contribution in [2.75, 3.05) is 19.6 Å². The highest BCUT2D eigenvalue weighted by atomic mass is 16.1. The quantitative estimate of drug-likeness (QED) is 0.692. The number of fused-ring (bicyclic) bond motifs is 3. The Bertz CT molecular complexity index is 983. The lowest BCUT2D eigenvalue weighted by atomic mass is 9.98. The Morgan fingerprint density at radius 2 is 1.88 bits per heavy atom. The molecule has 0 spiro atoms. The Balaban J connectivity index is 1.60. The maximum atomic E-state index is 12.6. The van der Waals surface area contributed by atoms with Crippen LogP contribution in [0.1, 0.15) is 46.4 Å². The van der Waals surface area contributed by atoms with Crippen LogP contribution in [0.4, 0.5) is 0 Å². The molecule has 5 heteroatoms. The van der Waals surface area contributed by atoms with E-state index in [0.29, 0.717) is 12.0 Å². The predicted octanol–water partition coefficient (Wildman–Crippen LogP) is 3.48. The fourth-order valence-electron chi connectivity index (χ4n) is 3.92. The topological polar surface area (TPSA) is 79.2 Å². The highest BCUT2D eigenvalue weighted by Crippen LogP contribution is 2.29. The van der Waals surface area contributed by atoms with Crippen molar-refractivity contribution in [2.24, 2.45) is 5.73 Å². The summed E-state index contributed by atoms with van der Waals surface area (Å²) in [5.74, 6) is -0.285. The van der Waals surface area contributed by atoms with Crippen LogP contribution in [0.25, 0.3) is 21.7 Å². The lowest BCUT2D eigenvalue weighted by Gasteiger charge is -2.25. The molecule has 0 saturated carbocycles. The van der Waals surface area contributed by atoms with Crippen molar-refractivity contribution in [3.05, 3.63) is 47.7 Å². The van der Waals surface area contributed by atoms with E-state index in [4.69, 9.17) is 5.73 Å². The van der Waals surface area contributed by atoms with Crippen molar-refractivity contribution in [2.45, 2.75) is 25.7 Å². The molecular weight excluding hydrogens is 326 g/mol. The van der Waals surface area contributed by atoms with Crippen molar-refractivity contribution in [1.29, 1.82) is 0 Å². The number of piperidine rings is 1. The standard InChI is InChI=1S/C21H23N3O2/c22-21(26)17-13-23-18-7-5-14-12-15(4-6-16(14)20(17)18)19(25)8-11-24-9-2-1-3-10-24/h4-7,12-13,23H,1-3,8-11H2,(H2,22,26). The lowest BCUT2D eigenvalue weighted by molar-refractivity contribution is 0.0957. The summed E-state index contributed by atoms with van der Waals surface area (Å²) in [6.07, 6.45) is 5.96. The molecule has 1 saturated heterocycles. The Labute approximate surface area is 152 Å². The van der Waals surface area contributed by atoms with Crippen LogP contribution in [-0.4, -0.2) is 41.2 Å². The second-order valence-corrected chi connectivity index (χ2v) is 7.07. The summed E-state index contributed by atoms with van der Waals surface area (Å²) in [7, 11) is 0. The summed E-state index contributed by atoms with van der Waals surface area (Å²) in [4.78, 5) is 29.7. The monoisotopic (exact) mass is 349 g/mol. The Kier molecular flexibility index (Phi) is 4.47. The van der Waals surface area contributed by atoms with Crippen molar-refractivity contribution < 1.29 is 9.59 Å². The molecule has 1 fully saturated rings. The number of nitrogens with zero attached hydrogens (tertiary/aromatic N) is 1. The number of aromatic nitrogens is 1. The third-order valence-electron chi connectivity index (χ3n) is 5.35. The number of ketones is 1. The normalized spacial score (nSPS) is 15.5. The second-order valence-electron chi connectivity index (χ2n) is 7.07. The number of hydrogen-bond donors (Lipinski definition) is 2. The van der Waals surface area contributed by atoms with Crippen LogP contribution in [0, 0.1) is 0 Å². The van der Waals surface area contributed by atoms with Gasteiger partial charge in [0.2, 0.25) is 0 Å². The first-order valence-corrected chi connectivity index (χ1v) is 9.23. The number of benzene rings is 2. The van der Waals surface area contributed by atoms with Gasteiger partial charge in [0.25, 0.3) is 5.91 Å². The van der Waals surface area contributed by atoms with Gasteiger partial charge in [-0.1, -0.05) is 24.6 Å². The van der Waals surface area contributed by atoms with E-state index in [1.807, 2.05) is 30.3 Å². The van der Waals surface area contributed by atoms with E-state index in [-0.39, 0.29) is 5.78 Å². The van der Waals surface area contributed by atoms with Crippen LogP contribution in [0.2, 0.25) is 0 Å². The van der Waals surface area contributed by atoms with Gasteiger partial charge in [-0.3, -0.25) is 9.59 Å². The number of carbonyl (C=O) groups excluding carboxylic acids is 2. The molecule has 26 heavy (non-hydrogen) atoms. The molecule has 1 aliphatic rings. The first-order chi connectivity index (χ1) is 12.6. The molecule has 1 aliphatic heterocycles. The Morgan fingerprint density at radius 3 is 2.65 bits per heavy atom. The van der Waals surface area contributed by atoms with E-state index in [9.17, 15) is 9.59 Å². The molecule has 0 atom stereocenters. The van der Waals surface area contributed by atoms with Crippen molar-refractivity contribution in [3.63, 3.8) is 0 Å². The van der Waals surface area contributed by atoms with Gasteiger partial charge in [0, 0.05) is 35.6 Å². The molecule has 2 heterocycles. The van der Waals surface area contributed by atoms with Gasteiger partial charge in [-0.05, 0) is 48.8 Å². The van der Waals surface area contributed by atoms with Crippen LogP contribution in [0.5, 0.6) is 0 Å². The van der Waals surface area contributed by atoms with Crippen LogP contribution < -0.4 is 5.73 Å². The molecule has 1 aromatic heterocycles. The molecule has 0 unspecified atom stereocenters. The maximum Gasteiger partial charge on any atom is 0.250 e. The van der Waals surface area contributed by atoms with Gasteiger partial charge in [0.15, 0.2) is 5.78 Å². The number of hydrogen-bond acceptors (Lipinski definition) is 3. The highest BCUT2D eigenvalue weighted by molar-refractivity contribution is 6.17. The summed E-state index contributed by atoms with van der Waals surface area (Å²) in [5.41, 5.74) is 7.57. The van der Waals surface area contributed by atoms with Crippen molar-refractivity contribution in [3.8, 4) is 0 Å². The number of amides is 1. The number of H-pyrrole nitrogens is 1. The van der Waals surface area contributed by atoms with Crippen LogP contribution in [-0.2, 0) is 0 Å². The minimum Gasteiger partial charge on any atom is -0.366 e. The molecule has 0 aliphatic carbocycles. The molecule has 3 N–H and O–H groups in total. The van der Waals surface area contributed by atoms with E-state index < -0.39 is 5.91 Å². The Hall–Kier alpha value is -2.66. The third kappa shape index (κ3) is 3.10. The lowest BCUT2D eigenvalue weighted by Crippen LogP contribution is -2.31. The molecule has 0 radical (unpaired) electrons. The highest BCUT2D eigenvalue weighted by Gasteiger charge is 2.15. The number of rotatable bonds is 5. The average Bonchev–Trinajstić information content (AvgIpc) is 3.11. The number of aromatic amines is 1. The zero-order valence-electron chi connectivity index (χ0n) is 14.8. The summed E-state index contributed by atoms with van der Waals surface area (Å²) in [6.45, 7) is 3.04. The van der Waals surface area contributed by atoms with E-state index in [1.54, 1.807) is 6.20 Å². The summed E-state index contributed by atoms with van der Waals surface area (Å²) < 4.78 is 0. The zero-order chi connectivity index (χ0) is 18.1. The first-order valence-electron chi connectivity index (χ1n) is 9.23. The molecule has 4 rings (SSSR count). The fourth-order valence-corrected chi connectivity index (χ4v) is 3.92. The number of Topliss-reactive ketones (excluding diaryl/α,β-unsaturated/α-hetero) is 1. The fraction of sp³-hybridized carbons (Fsp3) is 0.333. The number of primary amides is 1. The van der Waals surface area contributed by atoms with Crippen LogP contribution in [0.15, 0.2) is 36.5 Å². The number of nitrogens with two attached hydrogens (primary N) is 1. The van der Waals surface area contributed by atoms with Gasteiger partial charge in [0.1, 0.15) is 0 Å². The SMILES string of the molecule is NC(=O)c1c[nH]c2ccc3cc(C(=O)CCN4CCCCC4)ccc3c12. The van der Waals surface area contributed by atoms with E-state index in [1.165, 1.54) is 19.3 Å². The minimum atomic E-state index is -0.453. The summed E-state index contributed by atoms with van der Waals surface area (Å²) >= 11 is 0. The van der Waals surface area contributed by atoms with Crippen LogP contribution in [0.3, 0.4) is 0 Å². The van der Waals surface area contributed by atoms with E-state index in [0.717, 1.165) is 46.9 Å². The average molecular weight is 349 g/mol. The molecule has 5 nitrogen and oxygen atoms in total. The molecule has 134 valence electrons. The number of nitrogens with one attached hydrogen (secondary N) is 1. The third-order valence-corrected chi connectivity index (χ3v) is 5.35. The molecule has 3 aromatic rings. The first kappa shape index (κ1) is 16.8. The largest absolute Gasteiger partial charge is 0.366 e. The van der Waals surface area contributed by atoms with E-state index in [2.05, 4.69) is 9.88 Å². The minimum absolute atomic E-state index is 0.168. The van der Waals surface area contributed by atoms with E-state index >= 15 is 0 Å². The number of likely N-dealkylation sites (tertiary alicyclic amines) is 1. The van der Waals surface area contributed by atoms with Crippen LogP contribution >= 0.6 is 0 Å². The molecular formula is C21H23N3O2. The van der Waals surface area contributed by atoms with Crippen molar-refractivity contribution >= 4 is 33.4 Å². The molecule has 2 aromatic carbocycles. The van der Waals surface area contributed by atoms with Gasteiger partial charge < -0.3 is 15.6 Å². The van der Waals surface area contributed by atoms with Gasteiger partial charge in [-0.15, -0.1) is 0 Å². The summed E-state index contributed by atoms with van der Waals surface area (Å²) in [6, 6.07) is 9.60. The van der Waals surface area contributed by atoms with Crippen molar-refractivity contribution in [1.82, 2.24) is 9.88 Å². The number of carbonyl (C=O) groups is 2. The zero-order valence-corrected chi connectivity index (χ0v) is 14.8. The maximum absolute atomic E-state index is 12.6. The smallest absolute Gasteiger partial charge is 0.250 e. The van der Waals surface area contributed by atoms with Gasteiger partial charge in [0.05, 0.1) is 5.56 Å². The Morgan fingerprint density at radius 1 is 1.08 bits per heavy atom. The summed E-state index contributed by atoms with van der Waals surface area (Å²) in [5, 5.41) is 2.70. The van der Waals surface area contributed by atoms with Gasteiger partial charge >= 0.3 is 0 Å². The van der Waals surface area contributed by atoms with Gasteiger partial charge in [-0.25, -0.2) is 0 Å².